The highest BCUT2D eigenvalue weighted by Crippen LogP contribution is 2.19. The van der Waals surface area contributed by atoms with Crippen LogP contribution in [0.3, 0.4) is 0 Å². The molecule has 14 heavy (non-hydrogen) atoms. The average Bonchev–Trinajstić information content (AvgIpc) is 2.37. The second-order valence-corrected chi connectivity index (χ2v) is 3.68. The van der Waals surface area contributed by atoms with Gasteiger partial charge in [0.2, 0.25) is 0 Å². The summed E-state index contributed by atoms with van der Waals surface area (Å²) in [6, 6.07) is -0.535. The molecule has 1 heterocycles. The maximum absolute atomic E-state index is 11.3. The molecule has 0 radical (unpaired) electrons. The quantitative estimate of drug-likeness (QED) is 0.420. The third kappa shape index (κ3) is 2.02. The summed E-state index contributed by atoms with van der Waals surface area (Å²) in [4.78, 5) is 22.2. The molecule has 1 fully saturated rings. The molecule has 0 saturated carbocycles. The van der Waals surface area contributed by atoms with Gasteiger partial charge in [0, 0.05) is 19.1 Å². The smallest absolute Gasteiger partial charge is 0.322 e. The zero-order chi connectivity index (χ0) is 10.8. The van der Waals surface area contributed by atoms with Gasteiger partial charge in [-0.05, 0) is 13.3 Å². The third-order valence-electron chi connectivity index (χ3n) is 2.33. The summed E-state index contributed by atoms with van der Waals surface area (Å²) >= 11 is 0. The lowest BCUT2D eigenvalue weighted by atomic mass is 9.90. The van der Waals surface area contributed by atoms with Crippen LogP contribution in [0, 0.1) is 5.92 Å². The van der Waals surface area contributed by atoms with Gasteiger partial charge in [-0.3, -0.25) is 10.1 Å². The van der Waals surface area contributed by atoms with Gasteiger partial charge < -0.3 is 15.5 Å². The topological polar surface area (TPSA) is 98.7 Å². The molecular formula is C8H14N2O4. The van der Waals surface area contributed by atoms with E-state index in [0.29, 0.717) is 0 Å². The van der Waals surface area contributed by atoms with Gasteiger partial charge in [-0.2, -0.15) is 0 Å². The van der Waals surface area contributed by atoms with E-state index in [1.54, 1.807) is 6.92 Å². The summed E-state index contributed by atoms with van der Waals surface area (Å²) < 4.78 is 0. The van der Waals surface area contributed by atoms with Crippen LogP contribution in [0.5, 0.6) is 0 Å². The van der Waals surface area contributed by atoms with Crippen molar-refractivity contribution in [2.75, 3.05) is 13.2 Å². The first-order valence-electron chi connectivity index (χ1n) is 4.37. The molecule has 1 rings (SSSR count). The van der Waals surface area contributed by atoms with Gasteiger partial charge in [0.15, 0.2) is 0 Å². The maximum Gasteiger partial charge on any atom is 0.322 e. The first-order valence-corrected chi connectivity index (χ1v) is 4.37. The molecular weight excluding hydrogens is 188 g/mol. The molecule has 4 N–H and O–H groups in total. The van der Waals surface area contributed by atoms with Crippen LogP contribution in [0.4, 0.5) is 4.79 Å². The Bertz CT molecular complexity index is 252. The predicted octanol–water partition coefficient (Wildman–Crippen LogP) is -1.42. The minimum atomic E-state index is -1.02. The minimum absolute atomic E-state index is 0.213. The van der Waals surface area contributed by atoms with Gasteiger partial charge in [0.05, 0.1) is 0 Å². The summed E-state index contributed by atoms with van der Waals surface area (Å²) in [6.07, 6.45) is 0.220. The van der Waals surface area contributed by atoms with E-state index in [9.17, 15) is 9.59 Å². The molecule has 6 heteroatoms. The summed E-state index contributed by atoms with van der Waals surface area (Å²) in [7, 11) is 0. The van der Waals surface area contributed by atoms with E-state index in [-0.39, 0.29) is 19.6 Å². The maximum atomic E-state index is 11.3. The van der Waals surface area contributed by atoms with Crippen LogP contribution in [-0.2, 0) is 4.79 Å². The Kier molecular flexibility index (Phi) is 3.07. The monoisotopic (exact) mass is 202 g/mol. The molecule has 1 aliphatic rings. The van der Waals surface area contributed by atoms with Gasteiger partial charge in [-0.15, -0.1) is 0 Å². The number of imide groups is 1. The van der Waals surface area contributed by atoms with E-state index < -0.39 is 23.4 Å². The molecule has 3 amide bonds. The van der Waals surface area contributed by atoms with Crippen molar-refractivity contribution in [2.45, 2.75) is 18.9 Å². The van der Waals surface area contributed by atoms with Crippen LogP contribution in [0.25, 0.3) is 0 Å². The second-order valence-electron chi connectivity index (χ2n) is 3.68. The highest BCUT2D eigenvalue weighted by Gasteiger charge is 2.42. The van der Waals surface area contributed by atoms with Crippen molar-refractivity contribution in [1.29, 1.82) is 0 Å². The molecule has 0 aromatic rings. The Morgan fingerprint density at radius 1 is 1.36 bits per heavy atom. The third-order valence-corrected chi connectivity index (χ3v) is 2.33. The molecule has 0 bridgehead atoms. The number of nitrogens with one attached hydrogen (secondary N) is 2. The molecule has 1 saturated heterocycles. The van der Waals surface area contributed by atoms with E-state index in [2.05, 4.69) is 10.6 Å². The number of carbonyl (C=O) groups is 2. The summed E-state index contributed by atoms with van der Waals surface area (Å²) in [5, 5.41) is 22.3. The lowest BCUT2D eigenvalue weighted by Crippen LogP contribution is -2.46. The Morgan fingerprint density at radius 2 is 1.93 bits per heavy atom. The van der Waals surface area contributed by atoms with Crippen molar-refractivity contribution in [3.05, 3.63) is 0 Å². The fourth-order valence-electron chi connectivity index (χ4n) is 1.49. The van der Waals surface area contributed by atoms with Gasteiger partial charge in [-0.25, -0.2) is 4.79 Å². The van der Waals surface area contributed by atoms with Crippen LogP contribution >= 0.6 is 0 Å². The van der Waals surface area contributed by atoms with Crippen molar-refractivity contribution >= 4 is 11.9 Å². The lowest BCUT2D eigenvalue weighted by Gasteiger charge is -2.24. The Labute approximate surface area is 81.3 Å². The number of hydrogen-bond acceptors (Lipinski definition) is 4. The van der Waals surface area contributed by atoms with Gasteiger partial charge in [0.25, 0.3) is 5.91 Å². The zero-order valence-corrected chi connectivity index (χ0v) is 7.91. The fourth-order valence-corrected chi connectivity index (χ4v) is 1.49. The fraction of sp³-hybridized carbons (Fsp3) is 0.750. The molecule has 1 aliphatic heterocycles. The first-order chi connectivity index (χ1) is 6.51. The summed E-state index contributed by atoms with van der Waals surface area (Å²) in [5.74, 6) is -0.821. The van der Waals surface area contributed by atoms with Crippen LogP contribution in [0.15, 0.2) is 0 Å². The van der Waals surface area contributed by atoms with Gasteiger partial charge in [-0.1, -0.05) is 0 Å². The minimum Gasteiger partial charge on any atom is -0.396 e. The Balaban J connectivity index is 2.66. The van der Waals surface area contributed by atoms with Crippen molar-refractivity contribution < 1.29 is 19.8 Å². The van der Waals surface area contributed by atoms with Crippen molar-refractivity contribution in [3.63, 3.8) is 0 Å². The van der Waals surface area contributed by atoms with Crippen LogP contribution in [-0.4, -0.2) is 40.9 Å². The predicted molar refractivity (Wildman–Crippen MR) is 47.4 cm³/mol. The Morgan fingerprint density at radius 3 is 2.29 bits per heavy atom. The SMILES string of the molecule is CC1(CC(CO)CO)NC(=O)NC1=O. The molecule has 0 aromatic carbocycles. The van der Waals surface area contributed by atoms with E-state index in [1.165, 1.54) is 0 Å². The number of aliphatic hydroxyl groups is 2. The van der Waals surface area contributed by atoms with Crippen molar-refractivity contribution in [3.8, 4) is 0 Å². The van der Waals surface area contributed by atoms with Crippen LogP contribution < -0.4 is 10.6 Å². The highest BCUT2D eigenvalue weighted by atomic mass is 16.3. The van der Waals surface area contributed by atoms with E-state index >= 15 is 0 Å². The molecule has 0 aliphatic carbocycles. The molecule has 0 aromatic heterocycles. The number of rotatable bonds is 4. The zero-order valence-electron chi connectivity index (χ0n) is 7.91. The van der Waals surface area contributed by atoms with E-state index in [1.807, 2.05) is 0 Å². The number of carbonyl (C=O) groups excluding carboxylic acids is 2. The molecule has 1 atom stereocenters. The summed E-state index contributed by atoms with van der Waals surface area (Å²) in [5.41, 5.74) is -1.02. The van der Waals surface area contributed by atoms with Crippen molar-refractivity contribution in [1.82, 2.24) is 10.6 Å². The number of amides is 3. The largest absolute Gasteiger partial charge is 0.396 e. The second kappa shape index (κ2) is 3.93. The van der Waals surface area contributed by atoms with Gasteiger partial charge >= 0.3 is 6.03 Å². The van der Waals surface area contributed by atoms with Crippen molar-refractivity contribution in [2.24, 2.45) is 5.92 Å². The van der Waals surface area contributed by atoms with Crippen LogP contribution in [0.1, 0.15) is 13.3 Å². The van der Waals surface area contributed by atoms with Gasteiger partial charge in [0.1, 0.15) is 5.54 Å². The molecule has 6 nitrogen and oxygen atoms in total. The van der Waals surface area contributed by atoms with Crippen LogP contribution in [0.2, 0.25) is 0 Å². The normalized spacial score (nSPS) is 26.6. The lowest BCUT2D eigenvalue weighted by molar-refractivity contribution is -0.124. The number of urea groups is 1. The average molecular weight is 202 g/mol. The van der Waals surface area contributed by atoms with E-state index in [0.717, 1.165) is 0 Å². The Hall–Kier alpha value is -1.14. The number of aliphatic hydroxyl groups excluding tert-OH is 2. The first kappa shape index (κ1) is 10.9. The molecule has 80 valence electrons. The molecule has 0 spiro atoms. The highest BCUT2D eigenvalue weighted by molar-refractivity contribution is 6.06. The van der Waals surface area contributed by atoms with E-state index in [4.69, 9.17) is 10.2 Å². The molecule has 1 unspecified atom stereocenters. The number of hydrogen-bond donors (Lipinski definition) is 4. The summed E-state index contributed by atoms with van der Waals surface area (Å²) in [6.45, 7) is 1.13. The standard InChI is InChI=1S/C8H14N2O4/c1-8(2-5(3-11)4-12)6(13)9-7(14)10-8/h5,11-12H,2-4H2,1H3,(H2,9,10,13,14).